The Bertz CT molecular complexity index is 1200. The van der Waals surface area contributed by atoms with Crippen molar-refractivity contribution < 1.29 is 9.13 Å². The third-order valence-electron chi connectivity index (χ3n) is 4.99. The first kappa shape index (κ1) is 20.6. The Balaban J connectivity index is 1.50. The molecule has 4 rings (SSSR count). The quantitative estimate of drug-likeness (QED) is 0.375. The molecule has 0 amide bonds. The molecule has 0 unspecified atom stereocenters. The molecule has 1 N–H and O–H groups in total. The van der Waals surface area contributed by atoms with E-state index < -0.39 is 0 Å². The van der Waals surface area contributed by atoms with Crippen LogP contribution in [0, 0.1) is 19.7 Å². The molecule has 0 saturated heterocycles. The van der Waals surface area contributed by atoms with Crippen LogP contribution in [0.4, 0.5) is 10.2 Å². The summed E-state index contributed by atoms with van der Waals surface area (Å²) in [6.45, 7) is 7.69. The van der Waals surface area contributed by atoms with E-state index in [1.165, 1.54) is 6.07 Å². The van der Waals surface area contributed by atoms with Gasteiger partial charge in [-0.15, -0.1) is 11.3 Å². The number of hydrogen-bond acceptors (Lipinski definition) is 5. The highest BCUT2D eigenvalue weighted by Gasteiger charge is 2.14. The highest BCUT2D eigenvalue weighted by molar-refractivity contribution is 7.13. The van der Waals surface area contributed by atoms with Crippen molar-refractivity contribution in [2.24, 2.45) is 0 Å². The van der Waals surface area contributed by atoms with Gasteiger partial charge in [-0.3, -0.25) is 0 Å². The molecule has 0 atom stereocenters. The average Bonchev–Trinajstić information content (AvgIpc) is 3.32. The van der Waals surface area contributed by atoms with Gasteiger partial charge < -0.3 is 14.6 Å². The number of aromatic nitrogens is 3. The Hall–Kier alpha value is -2.64. The molecule has 3 aromatic heterocycles. The summed E-state index contributed by atoms with van der Waals surface area (Å²) in [7, 11) is 0. The van der Waals surface area contributed by atoms with Gasteiger partial charge in [0, 0.05) is 41.7 Å². The van der Waals surface area contributed by atoms with Gasteiger partial charge in [-0.1, -0.05) is 11.6 Å². The number of thiophene rings is 1. The molecule has 0 radical (unpaired) electrons. The van der Waals surface area contributed by atoms with Crippen molar-refractivity contribution in [1.82, 2.24) is 14.5 Å². The van der Waals surface area contributed by atoms with Crippen LogP contribution in [0.15, 0.2) is 36.0 Å². The minimum Gasteiger partial charge on any atom is -0.493 e. The van der Waals surface area contributed by atoms with Gasteiger partial charge in [0.1, 0.15) is 23.7 Å². The molecule has 3 heterocycles. The molecule has 5 nitrogen and oxygen atoms in total. The van der Waals surface area contributed by atoms with Crippen LogP contribution in [-0.2, 0) is 6.54 Å². The summed E-state index contributed by atoms with van der Waals surface area (Å²) in [5.41, 5.74) is 3.36. The first-order valence-corrected chi connectivity index (χ1v) is 11.0. The lowest BCUT2D eigenvalue weighted by Gasteiger charge is -2.12. The monoisotopic (exact) mass is 444 g/mol. The number of halogens is 2. The zero-order valence-electron chi connectivity index (χ0n) is 17.0. The Morgan fingerprint density at radius 3 is 2.83 bits per heavy atom. The van der Waals surface area contributed by atoms with Crippen LogP contribution < -0.4 is 10.1 Å². The standard InChI is InChI=1S/C22H22ClFN4OS/c1-4-29-15-8-20(30-11-15)19-10-21(27-12-26-19)25-5-6-28-13(2)7-16-14(3)18(24)9-17(23)22(16)28/h7-12H,4-6H2,1-3H3,(H,25,26,27). The van der Waals surface area contributed by atoms with E-state index >= 15 is 0 Å². The maximum atomic E-state index is 14.0. The number of hydrogen-bond donors (Lipinski definition) is 1. The van der Waals surface area contributed by atoms with Crippen LogP contribution in [-0.4, -0.2) is 27.7 Å². The summed E-state index contributed by atoms with van der Waals surface area (Å²) >= 11 is 7.94. The van der Waals surface area contributed by atoms with Crippen molar-refractivity contribution in [2.45, 2.75) is 27.3 Å². The molecule has 0 fully saturated rings. The first-order chi connectivity index (χ1) is 14.5. The van der Waals surface area contributed by atoms with Gasteiger partial charge in [0.2, 0.25) is 0 Å². The van der Waals surface area contributed by atoms with Crippen LogP contribution >= 0.6 is 22.9 Å². The molecule has 156 valence electrons. The van der Waals surface area contributed by atoms with Crippen LogP contribution in [0.5, 0.6) is 5.75 Å². The van der Waals surface area contributed by atoms with E-state index in [1.54, 1.807) is 24.6 Å². The first-order valence-electron chi connectivity index (χ1n) is 9.70. The predicted octanol–water partition coefficient (Wildman–Crippen LogP) is 6.08. The summed E-state index contributed by atoms with van der Waals surface area (Å²) in [6.07, 6.45) is 1.55. The third kappa shape index (κ3) is 4.00. The average molecular weight is 445 g/mol. The van der Waals surface area contributed by atoms with Gasteiger partial charge in [0.15, 0.2) is 0 Å². The summed E-state index contributed by atoms with van der Waals surface area (Å²) in [6, 6.07) is 7.28. The summed E-state index contributed by atoms with van der Waals surface area (Å²) in [5, 5.41) is 6.60. The SMILES string of the molecule is CCOc1csc(-c2cc(NCCn3c(C)cc4c(C)c(F)cc(Cl)c43)ncn2)c1. The van der Waals surface area contributed by atoms with E-state index in [9.17, 15) is 4.39 Å². The normalized spacial score (nSPS) is 11.2. The largest absolute Gasteiger partial charge is 0.493 e. The van der Waals surface area contributed by atoms with Crippen molar-refractivity contribution >= 4 is 39.7 Å². The maximum absolute atomic E-state index is 14.0. The Kier molecular flexibility index (Phi) is 5.92. The van der Waals surface area contributed by atoms with Gasteiger partial charge in [-0.05, 0) is 38.5 Å². The lowest BCUT2D eigenvalue weighted by Crippen LogP contribution is -2.12. The summed E-state index contributed by atoms with van der Waals surface area (Å²) in [5.74, 6) is 1.32. The van der Waals surface area contributed by atoms with E-state index in [-0.39, 0.29) is 5.82 Å². The zero-order chi connectivity index (χ0) is 21.3. The molecule has 0 aliphatic heterocycles. The predicted molar refractivity (Wildman–Crippen MR) is 121 cm³/mol. The van der Waals surface area contributed by atoms with Crippen molar-refractivity contribution in [1.29, 1.82) is 0 Å². The van der Waals surface area contributed by atoms with Crippen molar-refractivity contribution in [3.05, 3.63) is 58.1 Å². The van der Waals surface area contributed by atoms with E-state index in [4.69, 9.17) is 16.3 Å². The number of ether oxygens (including phenoxy) is 1. The molecular weight excluding hydrogens is 423 g/mol. The second kappa shape index (κ2) is 8.62. The van der Waals surface area contributed by atoms with Crippen LogP contribution in [0.25, 0.3) is 21.5 Å². The van der Waals surface area contributed by atoms with Crippen molar-refractivity contribution in [2.75, 3.05) is 18.5 Å². The molecule has 0 aliphatic rings. The van der Waals surface area contributed by atoms with Gasteiger partial charge in [-0.2, -0.15) is 0 Å². The third-order valence-corrected chi connectivity index (χ3v) is 6.21. The van der Waals surface area contributed by atoms with E-state index in [0.717, 1.165) is 38.7 Å². The van der Waals surface area contributed by atoms with E-state index in [2.05, 4.69) is 19.9 Å². The molecule has 0 saturated carbocycles. The molecule has 0 aliphatic carbocycles. The fourth-order valence-electron chi connectivity index (χ4n) is 3.51. The Morgan fingerprint density at radius 1 is 1.20 bits per heavy atom. The second-order valence-corrected chi connectivity index (χ2v) is 8.28. The van der Waals surface area contributed by atoms with Gasteiger partial charge in [-0.25, -0.2) is 14.4 Å². The number of benzene rings is 1. The molecule has 30 heavy (non-hydrogen) atoms. The minimum atomic E-state index is -0.280. The minimum absolute atomic E-state index is 0.280. The molecule has 8 heteroatoms. The zero-order valence-corrected chi connectivity index (χ0v) is 18.6. The molecular formula is C22H22ClFN4OS. The fraction of sp³-hybridized carbons (Fsp3) is 0.273. The van der Waals surface area contributed by atoms with Gasteiger partial charge in [0.05, 0.1) is 27.7 Å². The highest BCUT2D eigenvalue weighted by Crippen LogP contribution is 2.32. The number of anilines is 1. The fourth-order valence-corrected chi connectivity index (χ4v) is 4.60. The number of nitrogens with one attached hydrogen (secondary N) is 1. The number of nitrogens with zero attached hydrogens (tertiary/aromatic N) is 3. The van der Waals surface area contributed by atoms with Crippen LogP contribution in [0.2, 0.25) is 5.02 Å². The van der Waals surface area contributed by atoms with Gasteiger partial charge in [0.25, 0.3) is 0 Å². The second-order valence-electron chi connectivity index (χ2n) is 6.96. The lowest BCUT2D eigenvalue weighted by atomic mass is 10.1. The molecule has 0 spiro atoms. The lowest BCUT2D eigenvalue weighted by molar-refractivity contribution is 0.342. The van der Waals surface area contributed by atoms with E-state index in [0.29, 0.717) is 30.3 Å². The van der Waals surface area contributed by atoms with Crippen molar-refractivity contribution in [3.8, 4) is 16.3 Å². The van der Waals surface area contributed by atoms with E-state index in [1.807, 2.05) is 37.4 Å². The highest BCUT2D eigenvalue weighted by atomic mass is 35.5. The Labute approximate surface area is 183 Å². The molecule has 0 bridgehead atoms. The molecule has 1 aromatic carbocycles. The maximum Gasteiger partial charge on any atom is 0.130 e. The number of rotatable bonds is 7. The summed E-state index contributed by atoms with van der Waals surface area (Å²) in [4.78, 5) is 9.72. The number of fused-ring (bicyclic) bond motifs is 1. The Morgan fingerprint density at radius 2 is 2.03 bits per heavy atom. The topological polar surface area (TPSA) is 52.0 Å². The van der Waals surface area contributed by atoms with Crippen LogP contribution in [0.1, 0.15) is 18.2 Å². The smallest absolute Gasteiger partial charge is 0.130 e. The molecule has 4 aromatic rings. The summed E-state index contributed by atoms with van der Waals surface area (Å²) < 4.78 is 21.7. The van der Waals surface area contributed by atoms with Crippen molar-refractivity contribution in [3.63, 3.8) is 0 Å². The van der Waals surface area contributed by atoms with Gasteiger partial charge >= 0.3 is 0 Å². The van der Waals surface area contributed by atoms with Crippen LogP contribution in [0.3, 0.4) is 0 Å². The number of aryl methyl sites for hydroxylation is 2.